The summed E-state index contributed by atoms with van der Waals surface area (Å²) in [5.74, 6) is 2.35. The standard InChI is InChI=1S/C22H30FN5O2/c1-4-24-22(26-14-16(2)30-19-8-5-7-18(13-19)29-3)27-17-10-12-28(15-17)21-20(23)9-6-11-25-21/h5-9,11,13,16-17H,4,10,12,14-15H2,1-3H3,(H2,24,26,27). The molecule has 30 heavy (non-hydrogen) atoms. The zero-order valence-corrected chi connectivity index (χ0v) is 17.8. The zero-order valence-electron chi connectivity index (χ0n) is 17.8. The number of ether oxygens (including phenoxy) is 2. The SMILES string of the molecule is CCNC(=NCC(C)Oc1cccc(OC)c1)NC1CCN(c2ncccc2F)C1. The van der Waals surface area contributed by atoms with E-state index in [1.54, 1.807) is 19.4 Å². The second kappa shape index (κ2) is 10.7. The maximum absolute atomic E-state index is 14.0. The Balaban J connectivity index is 1.54. The average Bonchev–Trinajstić information content (AvgIpc) is 3.21. The third-order valence-electron chi connectivity index (χ3n) is 4.80. The van der Waals surface area contributed by atoms with E-state index in [4.69, 9.17) is 9.47 Å². The molecule has 1 aliphatic rings. The molecule has 1 fully saturated rings. The number of aliphatic imine (C=N–C) groups is 1. The summed E-state index contributed by atoms with van der Waals surface area (Å²) in [6, 6.07) is 10.7. The summed E-state index contributed by atoms with van der Waals surface area (Å²) in [6.45, 7) is 6.68. The lowest BCUT2D eigenvalue weighted by molar-refractivity contribution is 0.229. The number of pyridine rings is 1. The topological polar surface area (TPSA) is 71.0 Å². The van der Waals surface area contributed by atoms with Crippen LogP contribution in [0.1, 0.15) is 20.3 Å². The van der Waals surface area contributed by atoms with E-state index in [-0.39, 0.29) is 18.0 Å². The second-order valence-corrected chi connectivity index (χ2v) is 7.21. The van der Waals surface area contributed by atoms with Gasteiger partial charge in [-0.3, -0.25) is 0 Å². The summed E-state index contributed by atoms with van der Waals surface area (Å²) < 4.78 is 25.2. The fraction of sp³-hybridized carbons (Fsp3) is 0.455. The molecular formula is C22H30FN5O2. The highest BCUT2D eigenvalue weighted by Gasteiger charge is 2.26. The third-order valence-corrected chi connectivity index (χ3v) is 4.80. The Morgan fingerprint density at radius 3 is 2.93 bits per heavy atom. The molecule has 2 unspecified atom stereocenters. The van der Waals surface area contributed by atoms with Crippen molar-refractivity contribution in [2.45, 2.75) is 32.4 Å². The van der Waals surface area contributed by atoms with Crippen molar-refractivity contribution < 1.29 is 13.9 Å². The molecule has 0 radical (unpaired) electrons. The molecule has 1 aromatic carbocycles. The van der Waals surface area contributed by atoms with Crippen LogP contribution in [0.5, 0.6) is 11.5 Å². The van der Waals surface area contributed by atoms with Crippen LogP contribution in [-0.2, 0) is 0 Å². The number of benzene rings is 1. The van der Waals surface area contributed by atoms with Crippen molar-refractivity contribution in [2.75, 3.05) is 38.2 Å². The van der Waals surface area contributed by atoms with Gasteiger partial charge in [0.15, 0.2) is 17.6 Å². The van der Waals surface area contributed by atoms with Gasteiger partial charge in [0.05, 0.1) is 13.7 Å². The molecule has 0 aliphatic carbocycles. The highest BCUT2D eigenvalue weighted by molar-refractivity contribution is 5.80. The van der Waals surface area contributed by atoms with Crippen molar-refractivity contribution in [3.63, 3.8) is 0 Å². The monoisotopic (exact) mass is 415 g/mol. The van der Waals surface area contributed by atoms with Gasteiger partial charge in [-0.1, -0.05) is 6.07 Å². The van der Waals surface area contributed by atoms with Gasteiger partial charge in [0.2, 0.25) is 0 Å². The first kappa shape index (κ1) is 21.7. The lowest BCUT2D eigenvalue weighted by atomic mass is 10.3. The molecule has 2 atom stereocenters. The van der Waals surface area contributed by atoms with Crippen LogP contribution in [0.25, 0.3) is 0 Å². The number of nitrogens with zero attached hydrogens (tertiary/aromatic N) is 3. The number of guanidine groups is 1. The van der Waals surface area contributed by atoms with Crippen LogP contribution in [-0.4, -0.2) is 56.4 Å². The Kier molecular flexibility index (Phi) is 7.70. The van der Waals surface area contributed by atoms with Crippen LogP contribution in [0.15, 0.2) is 47.6 Å². The van der Waals surface area contributed by atoms with Crippen molar-refractivity contribution >= 4 is 11.8 Å². The van der Waals surface area contributed by atoms with E-state index in [1.165, 1.54) is 6.07 Å². The van der Waals surface area contributed by atoms with Crippen molar-refractivity contribution in [1.29, 1.82) is 0 Å². The number of rotatable bonds is 8. The maximum atomic E-state index is 14.0. The summed E-state index contributed by atoms with van der Waals surface area (Å²) in [5, 5.41) is 6.71. The first-order valence-corrected chi connectivity index (χ1v) is 10.3. The van der Waals surface area contributed by atoms with Crippen LogP contribution in [0.2, 0.25) is 0 Å². The predicted molar refractivity (Wildman–Crippen MR) is 117 cm³/mol. The molecule has 2 heterocycles. The van der Waals surface area contributed by atoms with Crippen molar-refractivity contribution in [3.05, 3.63) is 48.4 Å². The second-order valence-electron chi connectivity index (χ2n) is 7.21. The minimum atomic E-state index is -0.290. The molecule has 162 valence electrons. The molecule has 0 bridgehead atoms. The quantitative estimate of drug-likeness (QED) is 0.510. The van der Waals surface area contributed by atoms with Gasteiger partial charge in [0, 0.05) is 37.9 Å². The molecule has 7 nitrogen and oxygen atoms in total. The first-order chi connectivity index (χ1) is 14.6. The number of nitrogens with one attached hydrogen (secondary N) is 2. The van der Waals surface area contributed by atoms with Crippen molar-refractivity contribution in [3.8, 4) is 11.5 Å². The van der Waals surface area contributed by atoms with Gasteiger partial charge in [-0.25, -0.2) is 14.4 Å². The summed E-state index contributed by atoms with van der Waals surface area (Å²) in [5.41, 5.74) is 0. The smallest absolute Gasteiger partial charge is 0.191 e. The molecule has 3 rings (SSSR count). The van der Waals surface area contributed by atoms with Crippen LogP contribution in [0.3, 0.4) is 0 Å². The molecule has 2 aromatic rings. The van der Waals surface area contributed by atoms with Crippen molar-refractivity contribution in [2.24, 2.45) is 4.99 Å². The maximum Gasteiger partial charge on any atom is 0.191 e. The van der Waals surface area contributed by atoms with Gasteiger partial charge in [-0.05, 0) is 44.5 Å². The Morgan fingerprint density at radius 2 is 2.17 bits per heavy atom. The minimum Gasteiger partial charge on any atom is -0.497 e. The number of hydrogen-bond donors (Lipinski definition) is 2. The van der Waals surface area contributed by atoms with Gasteiger partial charge in [0.25, 0.3) is 0 Å². The predicted octanol–water partition coefficient (Wildman–Crippen LogP) is 2.83. The summed E-state index contributed by atoms with van der Waals surface area (Å²) in [4.78, 5) is 10.8. The van der Waals surface area contributed by atoms with Crippen LogP contribution < -0.4 is 25.0 Å². The summed E-state index contributed by atoms with van der Waals surface area (Å²) >= 11 is 0. The molecule has 0 saturated carbocycles. The molecule has 8 heteroatoms. The van der Waals surface area contributed by atoms with E-state index in [0.29, 0.717) is 18.9 Å². The van der Waals surface area contributed by atoms with Crippen LogP contribution in [0.4, 0.5) is 10.2 Å². The normalized spacial score (nSPS) is 17.5. The number of halogens is 1. The van der Waals surface area contributed by atoms with Crippen LogP contribution in [0, 0.1) is 5.82 Å². The molecular weight excluding hydrogens is 385 g/mol. The lowest BCUT2D eigenvalue weighted by Crippen LogP contribution is -2.45. The van der Waals surface area contributed by atoms with Gasteiger partial charge < -0.3 is 25.0 Å². The molecule has 1 aliphatic heterocycles. The molecule has 2 N–H and O–H groups in total. The highest BCUT2D eigenvalue weighted by atomic mass is 19.1. The van der Waals surface area contributed by atoms with E-state index >= 15 is 0 Å². The Hall–Kier alpha value is -3.03. The number of methoxy groups -OCH3 is 1. The van der Waals surface area contributed by atoms with E-state index < -0.39 is 0 Å². The zero-order chi connectivity index (χ0) is 21.3. The lowest BCUT2D eigenvalue weighted by Gasteiger charge is -2.20. The van der Waals surface area contributed by atoms with E-state index in [1.807, 2.05) is 43.0 Å². The van der Waals surface area contributed by atoms with E-state index in [9.17, 15) is 4.39 Å². The largest absolute Gasteiger partial charge is 0.497 e. The van der Waals surface area contributed by atoms with Crippen molar-refractivity contribution in [1.82, 2.24) is 15.6 Å². The number of aromatic nitrogens is 1. The average molecular weight is 416 g/mol. The number of anilines is 1. The minimum absolute atomic E-state index is 0.102. The summed E-state index contributed by atoms with van der Waals surface area (Å²) in [7, 11) is 1.63. The van der Waals surface area contributed by atoms with Crippen LogP contribution >= 0.6 is 0 Å². The Labute approximate surface area is 177 Å². The molecule has 1 saturated heterocycles. The first-order valence-electron chi connectivity index (χ1n) is 10.3. The van der Waals surface area contributed by atoms with Gasteiger partial charge >= 0.3 is 0 Å². The fourth-order valence-corrected chi connectivity index (χ4v) is 3.36. The summed E-state index contributed by atoms with van der Waals surface area (Å²) in [6.07, 6.45) is 2.40. The Morgan fingerprint density at radius 1 is 1.33 bits per heavy atom. The molecule has 0 spiro atoms. The molecule has 0 amide bonds. The van der Waals surface area contributed by atoms with E-state index in [0.717, 1.165) is 37.0 Å². The fourth-order valence-electron chi connectivity index (χ4n) is 3.36. The Bertz CT molecular complexity index is 848. The van der Waals surface area contributed by atoms with Gasteiger partial charge in [-0.15, -0.1) is 0 Å². The molecule has 1 aromatic heterocycles. The van der Waals surface area contributed by atoms with Gasteiger partial charge in [0.1, 0.15) is 17.6 Å². The van der Waals surface area contributed by atoms with Gasteiger partial charge in [-0.2, -0.15) is 0 Å². The highest BCUT2D eigenvalue weighted by Crippen LogP contribution is 2.21. The number of hydrogen-bond acceptors (Lipinski definition) is 5. The third kappa shape index (κ3) is 5.98. The van der Waals surface area contributed by atoms with E-state index in [2.05, 4.69) is 20.6 Å².